The second-order valence-corrected chi connectivity index (χ2v) is 5.95. The first kappa shape index (κ1) is 15.2. The normalized spacial score (nSPS) is 12.1. The predicted octanol–water partition coefficient (Wildman–Crippen LogP) is 3.39. The van der Waals surface area contributed by atoms with Crippen molar-refractivity contribution in [3.05, 3.63) is 57.9 Å². The molecule has 0 aliphatic rings. The van der Waals surface area contributed by atoms with Crippen molar-refractivity contribution in [2.45, 2.75) is 6.92 Å². The lowest BCUT2D eigenvalue weighted by molar-refractivity contribution is -0.115. The number of aromatic nitrogens is 1. The number of carbonyl (C=O) groups is 2. The zero-order valence-electron chi connectivity index (χ0n) is 12.8. The number of aldehydes is 1. The minimum absolute atomic E-state index is 0.272. The number of carbonyl (C=O) groups excluding carboxylic acids is 2. The summed E-state index contributed by atoms with van der Waals surface area (Å²) in [4.78, 5) is 27.6. The summed E-state index contributed by atoms with van der Waals surface area (Å²) in [5.74, 6) is -0.272. The third-order valence-electron chi connectivity index (χ3n) is 3.82. The third kappa shape index (κ3) is 2.59. The molecule has 2 N–H and O–H groups in total. The van der Waals surface area contributed by atoms with Crippen LogP contribution < -0.4 is 5.32 Å². The molecule has 3 rings (SSSR count). The van der Waals surface area contributed by atoms with Gasteiger partial charge in [0, 0.05) is 34.8 Å². The van der Waals surface area contributed by atoms with Gasteiger partial charge in [-0.15, -0.1) is 0 Å². The van der Waals surface area contributed by atoms with Gasteiger partial charge in [-0.3, -0.25) is 9.59 Å². The lowest BCUT2D eigenvalue weighted by Gasteiger charge is -2.10. The number of aryl methyl sites for hydroxylation is 1. The maximum Gasteiger partial charge on any atom is 0.252 e. The quantitative estimate of drug-likeness (QED) is 0.571. The van der Waals surface area contributed by atoms with E-state index in [0.29, 0.717) is 11.1 Å². The van der Waals surface area contributed by atoms with Crippen molar-refractivity contribution in [2.24, 2.45) is 0 Å². The fourth-order valence-electron chi connectivity index (χ4n) is 2.78. The number of hydrogen-bond donors (Lipinski definition) is 2. The number of amides is 1. The maximum atomic E-state index is 12.6. The van der Waals surface area contributed by atoms with Crippen molar-refractivity contribution < 1.29 is 9.59 Å². The van der Waals surface area contributed by atoms with Crippen LogP contribution in [0.4, 0.5) is 0 Å². The van der Waals surface area contributed by atoms with E-state index in [1.807, 2.05) is 48.0 Å². The first-order valence-corrected chi connectivity index (χ1v) is 8.13. The SMILES string of the molecule is CNC(=O)/C(=C(\C=O)c1ccsc1)c1c(C)[nH]c2ccccc12. The van der Waals surface area contributed by atoms with E-state index in [1.54, 1.807) is 7.05 Å². The molecule has 0 saturated carbocycles. The van der Waals surface area contributed by atoms with Crippen molar-refractivity contribution in [2.75, 3.05) is 7.05 Å². The molecule has 0 bridgehead atoms. The molecule has 0 aliphatic heterocycles. The van der Waals surface area contributed by atoms with E-state index in [2.05, 4.69) is 10.3 Å². The Balaban J connectivity index is 2.38. The fourth-order valence-corrected chi connectivity index (χ4v) is 3.44. The summed E-state index contributed by atoms with van der Waals surface area (Å²) in [7, 11) is 1.57. The molecule has 0 atom stereocenters. The summed E-state index contributed by atoms with van der Waals surface area (Å²) in [5, 5.41) is 7.35. The molecule has 0 unspecified atom stereocenters. The van der Waals surface area contributed by atoms with Crippen LogP contribution in [0.2, 0.25) is 0 Å². The third-order valence-corrected chi connectivity index (χ3v) is 4.50. The summed E-state index contributed by atoms with van der Waals surface area (Å²) in [5.41, 5.74) is 4.13. The summed E-state index contributed by atoms with van der Waals surface area (Å²) in [6, 6.07) is 9.61. The maximum absolute atomic E-state index is 12.6. The molecular weight excluding hydrogens is 308 g/mol. The number of H-pyrrole nitrogens is 1. The highest BCUT2D eigenvalue weighted by molar-refractivity contribution is 7.08. The highest BCUT2D eigenvalue weighted by atomic mass is 32.1. The van der Waals surface area contributed by atoms with Gasteiger partial charge in [-0.05, 0) is 35.4 Å². The van der Waals surface area contributed by atoms with Gasteiger partial charge in [0.1, 0.15) is 0 Å². The van der Waals surface area contributed by atoms with Gasteiger partial charge in [-0.2, -0.15) is 11.3 Å². The van der Waals surface area contributed by atoms with Crippen molar-refractivity contribution in [1.29, 1.82) is 0 Å². The molecule has 2 aromatic heterocycles. The van der Waals surface area contributed by atoms with Crippen LogP contribution in [-0.2, 0) is 9.59 Å². The molecule has 1 amide bonds. The minimum Gasteiger partial charge on any atom is -0.358 e. The standard InChI is InChI=1S/C18H16N2O2S/c1-11-16(13-5-3-4-6-15(13)20-11)17(18(22)19-2)14(9-21)12-7-8-23-10-12/h3-10,20H,1-2H3,(H,19,22)/b17-14+. The molecule has 23 heavy (non-hydrogen) atoms. The summed E-state index contributed by atoms with van der Waals surface area (Å²) in [6.07, 6.45) is 0.758. The fraction of sp³-hybridized carbons (Fsp3) is 0.111. The van der Waals surface area contributed by atoms with Crippen molar-refractivity contribution in [1.82, 2.24) is 10.3 Å². The van der Waals surface area contributed by atoms with Gasteiger partial charge in [0.05, 0.1) is 5.57 Å². The number of thiophene rings is 1. The van der Waals surface area contributed by atoms with Gasteiger partial charge in [0.2, 0.25) is 0 Å². The van der Waals surface area contributed by atoms with Crippen molar-refractivity contribution >= 4 is 45.6 Å². The summed E-state index contributed by atoms with van der Waals surface area (Å²) < 4.78 is 0. The number of benzene rings is 1. The molecule has 116 valence electrons. The number of hydrogen-bond acceptors (Lipinski definition) is 3. The Hall–Kier alpha value is -2.66. The molecule has 0 fully saturated rings. The summed E-state index contributed by atoms with van der Waals surface area (Å²) >= 11 is 1.49. The van der Waals surface area contributed by atoms with E-state index < -0.39 is 0 Å². The second-order valence-electron chi connectivity index (χ2n) is 5.17. The van der Waals surface area contributed by atoms with E-state index in [9.17, 15) is 9.59 Å². The number of fused-ring (bicyclic) bond motifs is 1. The van der Waals surface area contributed by atoms with Crippen LogP contribution in [0.25, 0.3) is 22.0 Å². The molecule has 0 saturated heterocycles. The summed E-state index contributed by atoms with van der Waals surface area (Å²) in [6.45, 7) is 1.91. The molecule has 3 aromatic rings. The molecule has 2 heterocycles. The van der Waals surface area contributed by atoms with Gasteiger partial charge in [-0.25, -0.2) is 0 Å². The number of para-hydroxylation sites is 1. The molecule has 0 aliphatic carbocycles. The van der Waals surface area contributed by atoms with E-state index in [-0.39, 0.29) is 5.91 Å². The van der Waals surface area contributed by atoms with E-state index in [0.717, 1.165) is 34.0 Å². The minimum atomic E-state index is -0.272. The number of allylic oxidation sites excluding steroid dienone is 1. The first-order valence-electron chi connectivity index (χ1n) is 7.19. The van der Waals surface area contributed by atoms with Gasteiger partial charge in [0.25, 0.3) is 5.91 Å². The van der Waals surface area contributed by atoms with E-state index >= 15 is 0 Å². The average molecular weight is 324 g/mol. The van der Waals surface area contributed by atoms with Crippen molar-refractivity contribution in [3.63, 3.8) is 0 Å². The van der Waals surface area contributed by atoms with E-state index in [1.165, 1.54) is 11.3 Å². The Labute approximate surface area is 137 Å². The van der Waals surface area contributed by atoms with Gasteiger partial charge in [0.15, 0.2) is 6.29 Å². The van der Waals surface area contributed by atoms with Crippen LogP contribution in [0.1, 0.15) is 16.8 Å². The van der Waals surface area contributed by atoms with E-state index in [4.69, 9.17) is 0 Å². The lowest BCUT2D eigenvalue weighted by atomic mass is 9.94. The molecule has 1 aromatic carbocycles. The molecule has 0 radical (unpaired) electrons. The van der Waals surface area contributed by atoms with Gasteiger partial charge >= 0.3 is 0 Å². The Kier molecular flexibility index (Phi) is 4.12. The molecule has 5 heteroatoms. The van der Waals surface area contributed by atoms with Crippen LogP contribution in [0.3, 0.4) is 0 Å². The first-order chi connectivity index (χ1) is 11.2. The smallest absolute Gasteiger partial charge is 0.252 e. The van der Waals surface area contributed by atoms with Gasteiger partial charge in [-0.1, -0.05) is 18.2 Å². The Morgan fingerprint density at radius 3 is 2.70 bits per heavy atom. The number of rotatable bonds is 4. The number of nitrogens with one attached hydrogen (secondary N) is 2. The zero-order chi connectivity index (χ0) is 16.4. The zero-order valence-corrected chi connectivity index (χ0v) is 13.7. The Morgan fingerprint density at radius 1 is 1.26 bits per heavy atom. The van der Waals surface area contributed by atoms with Crippen LogP contribution in [0.15, 0.2) is 41.1 Å². The largest absolute Gasteiger partial charge is 0.358 e. The number of likely N-dealkylation sites (N-methyl/N-ethyl adjacent to an activating group) is 1. The van der Waals surface area contributed by atoms with Crippen LogP contribution in [0.5, 0.6) is 0 Å². The van der Waals surface area contributed by atoms with Crippen LogP contribution in [-0.4, -0.2) is 24.2 Å². The highest BCUT2D eigenvalue weighted by Gasteiger charge is 2.23. The van der Waals surface area contributed by atoms with Gasteiger partial charge < -0.3 is 10.3 Å². The van der Waals surface area contributed by atoms with Crippen molar-refractivity contribution in [3.8, 4) is 0 Å². The topological polar surface area (TPSA) is 62.0 Å². The van der Waals surface area contributed by atoms with Crippen LogP contribution in [0, 0.1) is 6.92 Å². The predicted molar refractivity (Wildman–Crippen MR) is 94.3 cm³/mol. The monoisotopic (exact) mass is 324 g/mol. The molecule has 0 spiro atoms. The number of aromatic amines is 1. The highest BCUT2D eigenvalue weighted by Crippen LogP contribution is 2.33. The second kappa shape index (κ2) is 6.22. The molecule has 4 nitrogen and oxygen atoms in total. The Bertz CT molecular complexity index is 904. The Morgan fingerprint density at radius 2 is 2.04 bits per heavy atom. The van der Waals surface area contributed by atoms with Crippen LogP contribution >= 0.6 is 11.3 Å². The average Bonchev–Trinajstić information content (AvgIpc) is 3.19. The molecular formula is C18H16N2O2S. The lowest BCUT2D eigenvalue weighted by Crippen LogP contribution is -2.21.